The van der Waals surface area contributed by atoms with Gasteiger partial charge in [-0.25, -0.2) is 0 Å². The topological polar surface area (TPSA) is 20.2 Å². The second-order valence-corrected chi connectivity index (χ2v) is 3.33. The normalized spacial score (nSPS) is 40.5. The van der Waals surface area contributed by atoms with Crippen molar-refractivity contribution >= 4 is 0 Å². The minimum Gasteiger partial charge on any atom is -1.00 e. The molecule has 0 radical (unpaired) electrons. The molecule has 0 bridgehead atoms. The molecule has 1 saturated carbocycles. The Morgan fingerprint density at radius 2 is 1.90 bits per heavy atom. The maximum absolute atomic E-state index is 9.35. The first kappa shape index (κ1) is 11.6. The Balaban J connectivity index is 0. The van der Waals surface area contributed by atoms with Gasteiger partial charge in [-0.1, -0.05) is 26.7 Å². The monoisotopic (exact) mass is 168 g/mol. The third kappa shape index (κ3) is 2.92. The predicted octanol–water partition coefficient (Wildman–Crippen LogP) is -1.08. The maximum atomic E-state index is 9.35. The molecule has 0 spiro atoms. The summed E-state index contributed by atoms with van der Waals surface area (Å²) < 4.78 is 0. The average molecular weight is 168 g/mol. The SMILES string of the molecule is CC1CCCC(O)C1C.[H-].[K+]. The minimum atomic E-state index is -0.0197. The van der Waals surface area contributed by atoms with Crippen molar-refractivity contribution in [1.82, 2.24) is 0 Å². The molecule has 0 heterocycles. The van der Waals surface area contributed by atoms with E-state index in [0.29, 0.717) is 5.92 Å². The molecular formula is C8H17KO. The zero-order chi connectivity index (χ0) is 6.85. The van der Waals surface area contributed by atoms with Gasteiger partial charge in [0.05, 0.1) is 6.10 Å². The van der Waals surface area contributed by atoms with Crippen LogP contribution in [-0.2, 0) is 0 Å². The van der Waals surface area contributed by atoms with Crippen molar-refractivity contribution in [1.29, 1.82) is 0 Å². The Kier molecular flexibility index (Phi) is 6.12. The average Bonchev–Trinajstić information content (AvgIpc) is 1.83. The van der Waals surface area contributed by atoms with Crippen molar-refractivity contribution < 1.29 is 57.9 Å². The molecule has 10 heavy (non-hydrogen) atoms. The molecular weight excluding hydrogens is 151 g/mol. The standard InChI is InChI=1S/C8H16O.K.H/c1-6-4-3-5-8(9)7(6)2;;/h6-9H,3-5H2,1-2H3;;/q;+1;-1. The molecule has 0 aromatic heterocycles. The van der Waals surface area contributed by atoms with Crippen LogP contribution in [0.4, 0.5) is 0 Å². The summed E-state index contributed by atoms with van der Waals surface area (Å²) in [7, 11) is 0. The second-order valence-electron chi connectivity index (χ2n) is 3.33. The molecule has 0 saturated heterocycles. The molecule has 1 aliphatic carbocycles. The molecule has 1 fully saturated rings. The predicted molar refractivity (Wildman–Crippen MR) is 39.3 cm³/mol. The first-order valence-electron chi connectivity index (χ1n) is 3.90. The van der Waals surface area contributed by atoms with E-state index in [1.165, 1.54) is 12.8 Å². The van der Waals surface area contributed by atoms with Crippen LogP contribution in [0.25, 0.3) is 0 Å². The van der Waals surface area contributed by atoms with E-state index in [1.54, 1.807) is 0 Å². The summed E-state index contributed by atoms with van der Waals surface area (Å²) in [5, 5.41) is 9.35. The van der Waals surface area contributed by atoms with E-state index in [0.717, 1.165) is 12.3 Å². The molecule has 2 heteroatoms. The smallest absolute Gasteiger partial charge is 1.00 e. The van der Waals surface area contributed by atoms with Crippen LogP contribution in [0.1, 0.15) is 34.5 Å². The molecule has 3 atom stereocenters. The molecule has 1 aliphatic rings. The van der Waals surface area contributed by atoms with E-state index in [9.17, 15) is 5.11 Å². The van der Waals surface area contributed by atoms with Crippen LogP contribution in [0.15, 0.2) is 0 Å². The Morgan fingerprint density at radius 3 is 2.30 bits per heavy atom. The summed E-state index contributed by atoms with van der Waals surface area (Å²) in [4.78, 5) is 0. The summed E-state index contributed by atoms with van der Waals surface area (Å²) in [5.41, 5.74) is 0. The van der Waals surface area contributed by atoms with Gasteiger partial charge in [-0.3, -0.25) is 0 Å². The molecule has 56 valence electrons. The molecule has 0 aliphatic heterocycles. The molecule has 0 amide bonds. The van der Waals surface area contributed by atoms with E-state index in [2.05, 4.69) is 13.8 Å². The van der Waals surface area contributed by atoms with Crippen LogP contribution in [0.2, 0.25) is 0 Å². The van der Waals surface area contributed by atoms with E-state index in [4.69, 9.17) is 0 Å². The molecule has 1 nitrogen and oxygen atoms in total. The summed E-state index contributed by atoms with van der Waals surface area (Å²) in [6.45, 7) is 4.38. The quantitative estimate of drug-likeness (QED) is 0.456. The molecule has 1 rings (SSSR count). The first-order chi connectivity index (χ1) is 4.22. The number of aliphatic hydroxyl groups excluding tert-OH is 1. The van der Waals surface area contributed by atoms with Crippen molar-refractivity contribution in [2.24, 2.45) is 11.8 Å². The van der Waals surface area contributed by atoms with Gasteiger partial charge in [0, 0.05) is 0 Å². The third-order valence-corrected chi connectivity index (χ3v) is 2.66. The Hall–Kier alpha value is 1.60. The zero-order valence-electron chi connectivity index (χ0n) is 8.30. The van der Waals surface area contributed by atoms with E-state index >= 15 is 0 Å². The van der Waals surface area contributed by atoms with Gasteiger partial charge in [-0.05, 0) is 18.3 Å². The van der Waals surface area contributed by atoms with Crippen LogP contribution in [0, 0.1) is 11.8 Å². The van der Waals surface area contributed by atoms with Crippen molar-refractivity contribution in [2.75, 3.05) is 0 Å². The number of hydrogen-bond donors (Lipinski definition) is 1. The van der Waals surface area contributed by atoms with Crippen LogP contribution in [-0.4, -0.2) is 11.2 Å². The summed E-state index contributed by atoms with van der Waals surface area (Å²) in [6.07, 6.45) is 3.52. The fraction of sp³-hybridized carbons (Fsp3) is 1.00. The Labute approximate surface area is 107 Å². The Morgan fingerprint density at radius 1 is 1.30 bits per heavy atom. The van der Waals surface area contributed by atoms with Crippen molar-refractivity contribution in [3.05, 3.63) is 0 Å². The number of rotatable bonds is 0. The second kappa shape index (κ2) is 5.28. The molecule has 1 N–H and O–H groups in total. The fourth-order valence-corrected chi connectivity index (χ4v) is 1.55. The van der Waals surface area contributed by atoms with Gasteiger partial charge in [0.15, 0.2) is 0 Å². The van der Waals surface area contributed by atoms with Crippen molar-refractivity contribution in [2.45, 2.75) is 39.2 Å². The first-order valence-corrected chi connectivity index (χ1v) is 3.90. The van der Waals surface area contributed by atoms with Gasteiger partial charge >= 0.3 is 51.4 Å². The molecule has 0 aromatic carbocycles. The van der Waals surface area contributed by atoms with Crippen LogP contribution in [0.5, 0.6) is 0 Å². The minimum absolute atomic E-state index is 0. The van der Waals surface area contributed by atoms with Gasteiger partial charge in [-0.2, -0.15) is 0 Å². The molecule has 0 aromatic rings. The van der Waals surface area contributed by atoms with Gasteiger partial charge in [0.1, 0.15) is 0 Å². The largest absolute Gasteiger partial charge is 1.00 e. The zero-order valence-corrected chi connectivity index (χ0v) is 10.4. The van der Waals surface area contributed by atoms with Crippen LogP contribution >= 0.6 is 0 Å². The van der Waals surface area contributed by atoms with Crippen molar-refractivity contribution in [3.63, 3.8) is 0 Å². The third-order valence-electron chi connectivity index (χ3n) is 2.66. The van der Waals surface area contributed by atoms with E-state index in [1.807, 2.05) is 0 Å². The fourth-order valence-electron chi connectivity index (χ4n) is 1.55. The summed E-state index contributed by atoms with van der Waals surface area (Å²) in [5.74, 6) is 1.26. The number of hydrogen-bond acceptors (Lipinski definition) is 1. The van der Waals surface area contributed by atoms with Crippen molar-refractivity contribution in [3.8, 4) is 0 Å². The molecule has 3 unspecified atom stereocenters. The van der Waals surface area contributed by atoms with E-state index in [-0.39, 0.29) is 58.9 Å². The van der Waals surface area contributed by atoms with Crippen LogP contribution < -0.4 is 51.4 Å². The Bertz CT molecular complexity index is 90.1. The maximum Gasteiger partial charge on any atom is 1.00 e. The summed E-state index contributed by atoms with van der Waals surface area (Å²) in [6, 6.07) is 0. The van der Waals surface area contributed by atoms with Crippen LogP contribution in [0.3, 0.4) is 0 Å². The van der Waals surface area contributed by atoms with Gasteiger partial charge in [0.25, 0.3) is 0 Å². The van der Waals surface area contributed by atoms with Gasteiger partial charge in [-0.15, -0.1) is 0 Å². The van der Waals surface area contributed by atoms with E-state index < -0.39 is 0 Å². The van der Waals surface area contributed by atoms with Gasteiger partial charge in [0.2, 0.25) is 0 Å². The van der Waals surface area contributed by atoms with Gasteiger partial charge < -0.3 is 6.53 Å². The summed E-state index contributed by atoms with van der Waals surface area (Å²) >= 11 is 0. The number of aliphatic hydroxyl groups is 1.